The number of rotatable bonds is 8. The van der Waals surface area contributed by atoms with Crippen LogP contribution in [-0.4, -0.2) is 59.8 Å². The van der Waals surface area contributed by atoms with E-state index >= 15 is 0 Å². The highest BCUT2D eigenvalue weighted by Crippen LogP contribution is 2.27. The van der Waals surface area contributed by atoms with E-state index in [-0.39, 0.29) is 17.8 Å². The molecule has 1 fully saturated rings. The lowest BCUT2D eigenvalue weighted by Gasteiger charge is -2.33. The van der Waals surface area contributed by atoms with Crippen LogP contribution in [0.1, 0.15) is 20.9 Å². The molecule has 0 saturated carbocycles. The van der Waals surface area contributed by atoms with Crippen molar-refractivity contribution in [2.24, 2.45) is 5.73 Å². The van der Waals surface area contributed by atoms with Crippen molar-refractivity contribution in [3.63, 3.8) is 0 Å². The minimum absolute atomic E-state index is 0.0842. The SMILES string of the molecule is Cc1nc(SCC(=O)NCC2CN(Cc3ccc(Cl)c(Cl)c3)CCO2)sc1C(N)=O. The van der Waals surface area contributed by atoms with Crippen molar-refractivity contribution in [3.05, 3.63) is 44.4 Å². The maximum atomic E-state index is 12.2. The first kappa shape index (κ1) is 23.3. The highest BCUT2D eigenvalue weighted by atomic mass is 35.5. The van der Waals surface area contributed by atoms with Gasteiger partial charge in [0.1, 0.15) is 4.88 Å². The van der Waals surface area contributed by atoms with E-state index in [0.29, 0.717) is 44.7 Å². The van der Waals surface area contributed by atoms with Crippen molar-refractivity contribution in [3.8, 4) is 0 Å². The van der Waals surface area contributed by atoms with Gasteiger partial charge in [-0.3, -0.25) is 14.5 Å². The normalized spacial score (nSPS) is 17.1. The summed E-state index contributed by atoms with van der Waals surface area (Å²) in [6.07, 6.45) is -0.0842. The van der Waals surface area contributed by atoms with Gasteiger partial charge < -0.3 is 15.8 Å². The molecule has 30 heavy (non-hydrogen) atoms. The van der Waals surface area contributed by atoms with Gasteiger partial charge in [0.2, 0.25) is 5.91 Å². The summed E-state index contributed by atoms with van der Waals surface area (Å²) in [5, 5.41) is 3.99. The van der Waals surface area contributed by atoms with Gasteiger partial charge in [-0.05, 0) is 24.6 Å². The second kappa shape index (κ2) is 10.8. The largest absolute Gasteiger partial charge is 0.374 e. The predicted molar refractivity (Wildman–Crippen MR) is 121 cm³/mol. The number of benzene rings is 1. The topological polar surface area (TPSA) is 97.6 Å². The molecule has 7 nitrogen and oxygen atoms in total. The zero-order valence-corrected chi connectivity index (χ0v) is 19.5. The number of thioether (sulfide) groups is 1. The molecule has 0 spiro atoms. The Bertz CT molecular complexity index is 925. The fourth-order valence-corrected chi connectivity index (χ4v) is 5.20. The smallest absolute Gasteiger partial charge is 0.260 e. The molecule has 0 aliphatic carbocycles. The summed E-state index contributed by atoms with van der Waals surface area (Å²) in [6.45, 7) is 5.02. The molecule has 1 unspecified atom stereocenters. The van der Waals surface area contributed by atoms with Crippen molar-refractivity contribution in [1.29, 1.82) is 0 Å². The first-order chi connectivity index (χ1) is 14.3. The maximum absolute atomic E-state index is 12.2. The second-order valence-electron chi connectivity index (χ2n) is 6.83. The number of hydrogen-bond acceptors (Lipinski definition) is 7. The third-order valence-electron chi connectivity index (χ3n) is 4.47. The maximum Gasteiger partial charge on any atom is 0.260 e. The molecule has 0 radical (unpaired) electrons. The van der Waals surface area contributed by atoms with Gasteiger partial charge in [-0.15, -0.1) is 11.3 Å². The summed E-state index contributed by atoms with van der Waals surface area (Å²) >= 11 is 14.6. The number of hydrogen-bond donors (Lipinski definition) is 2. The van der Waals surface area contributed by atoms with E-state index in [1.54, 1.807) is 13.0 Å². The second-order valence-corrected chi connectivity index (χ2v) is 9.86. The van der Waals surface area contributed by atoms with E-state index in [4.69, 9.17) is 33.7 Å². The van der Waals surface area contributed by atoms with Crippen molar-refractivity contribution in [1.82, 2.24) is 15.2 Å². The number of carbonyl (C=O) groups excluding carboxylic acids is 2. The Kier molecular flexibility index (Phi) is 8.38. The van der Waals surface area contributed by atoms with Crippen LogP contribution in [0.25, 0.3) is 0 Å². The molecule has 2 amide bonds. The van der Waals surface area contributed by atoms with Crippen LogP contribution in [0.3, 0.4) is 0 Å². The van der Waals surface area contributed by atoms with Crippen LogP contribution in [0, 0.1) is 6.92 Å². The van der Waals surface area contributed by atoms with Gasteiger partial charge in [0, 0.05) is 26.2 Å². The lowest BCUT2D eigenvalue weighted by atomic mass is 10.2. The lowest BCUT2D eigenvalue weighted by Crippen LogP contribution is -2.47. The molecule has 2 aromatic rings. The molecule has 1 saturated heterocycles. The zero-order valence-electron chi connectivity index (χ0n) is 16.3. The third kappa shape index (κ3) is 6.57. The molecule has 1 aliphatic heterocycles. The molecule has 3 N–H and O–H groups in total. The summed E-state index contributed by atoms with van der Waals surface area (Å²) in [6, 6.07) is 5.63. The summed E-state index contributed by atoms with van der Waals surface area (Å²) in [5.41, 5.74) is 6.97. The van der Waals surface area contributed by atoms with Gasteiger partial charge in [0.15, 0.2) is 4.34 Å². The Labute approximate surface area is 193 Å². The molecule has 0 bridgehead atoms. The molecule has 1 aromatic heterocycles. The van der Waals surface area contributed by atoms with Crippen LogP contribution in [0.15, 0.2) is 22.5 Å². The van der Waals surface area contributed by atoms with Gasteiger partial charge in [0.05, 0.1) is 34.2 Å². The fraction of sp³-hybridized carbons (Fsp3) is 0.421. The number of halogens is 2. The molecule has 2 heterocycles. The number of nitrogens with two attached hydrogens (primary N) is 1. The Morgan fingerprint density at radius 2 is 2.20 bits per heavy atom. The van der Waals surface area contributed by atoms with Gasteiger partial charge in [-0.2, -0.15) is 0 Å². The monoisotopic (exact) mass is 488 g/mol. The fourth-order valence-electron chi connectivity index (χ4n) is 3.01. The predicted octanol–water partition coefficient (Wildman–Crippen LogP) is 2.97. The van der Waals surface area contributed by atoms with Gasteiger partial charge >= 0.3 is 0 Å². The van der Waals surface area contributed by atoms with Crippen LogP contribution in [0.2, 0.25) is 10.0 Å². The number of morpholine rings is 1. The molecular weight excluding hydrogens is 467 g/mol. The van der Waals surface area contributed by atoms with E-state index in [0.717, 1.165) is 18.7 Å². The van der Waals surface area contributed by atoms with Gasteiger partial charge in [-0.1, -0.05) is 41.0 Å². The van der Waals surface area contributed by atoms with Crippen LogP contribution in [-0.2, 0) is 16.1 Å². The molecule has 1 atom stereocenters. The molecular formula is C19H22Cl2N4O3S2. The highest BCUT2D eigenvalue weighted by molar-refractivity contribution is 8.01. The third-order valence-corrected chi connectivity index (χ3v) is 7.52. The lowest BCUT2D eigenvalue weighted by molar-refractivity contribution is -0.119. The van der Waals surface area contributed by atoms with E-state index < -0.39 is 5.91 Å². The van der Waals surface area contributed by atoms with Crippen LogP contribution < -0.4 is 11.1 Å². The first-order valence-corrected chi connectivity index (χ1v) is 11.8. The van der Waals surface area contributed by atoms with Crippen LogP contribution in [0.4, 0.5) is 0 Å². The Morgan fingerprint density at radius 3 is 2.90 bits per heavy atom. The Balaban J connectivity index is 1.42. The quantitative estimate of drug-likeness (QED) is 0.554. The number of aromatic nitrogens is 1. The van der Waals surface area contributed by atoms with E-state index in [2.05, 4.69) is 15.2 Å². The number of carbonyl (C=O) groups is 2. The number of thiazole rings is 1. The van der Waals surface area contributed by atoms with E-state index in [1.165, 1.54) is 23.1 Å². The Hall–Kier alpha value is -1.36. The number of primary amides is 1. The van der Waals surface area contributed by atoms with Crippen molar-refractivity contribution < 1.29 is 14.3 Å². The summed E-state index contributed by atoms with van der Waals surface area (Å²) in [7, 11) is 0. The number of aryl methyl sites for hydroxylation is 1. The summed E-state index contributed by atoms with van der Waals surface area (Å²) < 4.78 is 6.43. The minimum atomic E-state index is -0.499. The average Bonchev–Trinajstić information content (AvgIpc) is 3.09. The number of ether oxygens (including phenoxy) is 1. The van der Waals surface area contributed by atoms with Crippen molar-refractivity contribution in [2.45, 2.75) is 23.9 Å². The minimum Gasteiger partial charge on any atom is -0.374 e. The van der Waals surface area contributed by atoms with Crippen LogP contribution in [0.5, 0.6) is 0 Å². The average molecular weight is 489 g/mol. The Morgan fingerprint density at radius 1 is 1.40 bits per heavy atom. The molecule has 1 aromatic carbocycles. The standard InChI is InChI=1S/C19H22Cl2N4O3S2/c1-11-17(18(22)27)30-19(24-11)29-10-16(26)23-7-13-9-25(4-5-28-13)8-12-2-3-14(20)15(21)6-12/h2-3,6,13H,4-5,7-10H2,1H3,(H2,22,27)(H,23,26). The van der Waals surface area contributed by atoms with Gasteiger partial charge in [-0.25, -0.2) is 4.98 Å². The first-order valence-electron chi connectivity index (χ1n) is 9.26. The van der Waals surface area contributed by atoms with Crippen molar-refractivity contribution in [2.75, 3.05) is 32.0 Å². The van der Waals surface area contributed by atoms with Crippen LogP contribution >= 0.6 is 46.3 Å². The molecule has 1 aliphatic rings. The van der Waals surface area contributed by atoms with Gasteiger partial charge in [0.25, 0.3) is 5.91 Å². The zero-order chi connectivity index (χ0) is 21.7. The van der Waals surface area contributed by atoms with Crippen molar-refractivity contribution >= 4 is 58.1 Å². The van der Waals surface area contributed by atoms with E-state index in [9.17, 15) is 9.59 Å². The molecule has 162 valence electrons. The number of nitrogens with zero attached hydrogens (tertiary/aromatic N) is 2. The highest BCUT2D eigenvalue weighted by Gasteiger charge is 2.21. The molecule has 11 heteroatoms. The number of amides is 2. The summed E-state index contributed by atoms with van der Waals surface area (Å²) in [4.78, 5) is 30.4. The molecule has 3 rings (SSSR count). The van der Waals surface area contributed by atoms with E-state index in [1.807, 2.05) is 12.1 Å². The number of nitrogens with one attached hydrogen (secondary N) is 1. The summed E-state index contributed by atoms with van der Waals surface area (Å²) in [5.74, 6) is -0.398.